The highest BCUT2D eigenvalue weighted by Gasteiger charge is 2.73. The van der Waals surface area contributed by atoms with Crippen molar-refractivity contribution in [1.29, 1.82) is 0 Å². The Bertz CT molecular complexity index is 291. The standard InChI is InChI=1S/C15H26/c1-10-11(2)15(10,5)14(4)9-12(14)8-13(3)6-7-13/h10-12H,6-9H2,1-5H3. The molecule has 0 spiro atoms. The average molecular weight is 206 g/mol. The van der Waals surface area contributed by atoms with Crippen molar-refractivity contribution in [2.45, 2.75) is 60.3 Å². The van der Waals surface area contributed by atoms with Gasteiger partial charge >= 0.3 is 0 Å². The first-order valence-electron chi connectivity index (χ1n) is 6.83. The summed E-state index contributed by atoms with van der Waals surface area (Å²) in [6.45, 7) is 12.5. The van der Waals surface area contributed by atoms with Crippen LogP contribution < -0.4 is 0 Å². The van der Waals surface area contributed by atoms with Gasteiger partial charge in [-0.1, -0.05) is 34.6 Å². The number of hydrogen-bond donors (Lipinski definition) is 0. The lowest BCUT2D eigenvalue weighted by Crippen LogP contribution is -2.17. The fourth-order valence-corrected chi connectivity index (χ4v) is 4.45. The molecule has 0 radical (unpaired) electrons. The molecule has 0 nitrogen and oxygen atoms in total. The molecule has 0 aromatic rings. The van der Waals surface area contributed by atoms with E-state index >= 15 is 0 Å². The summed E-state index contributed by atoms with van der Waals surface area (Å²) in [6, 6.07) is 0. The molecule has 15 heavy (non-hydrogen) atoms. The Morgan fingerprint density at radius 1 is 1.00 bits per heavy atom. The summed E-state index contributed by atoms with van der Waals surface area (Å²) in [5.74, 6) is 3.00. The molecule has 3 fully saturated rings. The smallest absolute Gasteiger partial charge is 0.0212 e. The van der Waals surface area contributed by atoms with E-state index in [1.807, 2.05) is 0 Å². The minimum atomic E-state index is 0.683. The van der Waals surface area contributed by atoms with Gasteiger partial charge < -0.3 is 0 Å². The summed E-state index contributed by atoms with van der Waals surface area (Å²) in [5, 5.41) is 0. The Morgan fingerprint density at radius 3 is 1.93 bits per heavy atom. The van der Waals surface area contributed by atoms with Gasteiger partial charge in [0.15, 0.2) is 0 Å². The molecular weight excluding hydrogens is 180 g/mol. The molecule has 4 unspecified atom stereocenters. The van der Waals surface area contributed by atoms with E-state index in [0.717, 1.165) is 23.2 Å². The molecule has 0 aromatic heterocycles. The zero-order chi connectivity index (χ0) is 11.1. The van der Waals surface area contributed by atoms with Crippen LogP contribution in [-0.2, 0) is 0 Å². The summed E-state index contributed by atoms with van der Waals surface area (Å²) in [5.41, 5.74) is 2.15. The lowest BCUT2D eigenvalue weighted by Gasteiger charge is -2.23. The summed E-state index contributed by atoms with van der Waals surface area (Å²) < 4.78 is 0. The maximum atomic E-state index is 2.57. The molecule has 0 N–H and O–H groups in total. The van der Waals surface area contributed by atoms with Crippen LogP contribution in [0.15, 0.2) is 0 Å². The molecule has 0 bridgehead atoms. The summed E-state index contributed by atoms with van der Waals surface area (Å²) in [7, 11) is 0. The molecule has 0 heterocycles. The van der Waals surface area contributed by atoms with Gasteiger partial charge in [0.05, 0.1) is 0 Å². The first-order chi connectivity index (χ1) is 6.83. The largest absolute Gasteiger partial charge is 0.0617 e. The highest BCUT2D eigenvalue weighted by molar-refractivity contribution is 5.21. The van der Waals surface area contributed by atoms with Crippen LogP contribution >= 0.6 is 0 Å². The second-order valence-corrected chi connectivity index (χ2v) is 7.69. The van der Waals surface area contributed by atoms with Crippen molar-refractivity contribution in [2.24, 2.45) is 34.0 Å². The van der Waals surface area contributed by atoms with Crippen LogP contribution in [0.3, 0.4) is 0 Å². The van der Waals surface area contributed by atoms with Crippen molar-refractivity contribution in [1.82, 2.24) is 0 Å². The first-order valence-corrected chi connectivity index (χ1v) is 6.83. The van der Waals surface area contributed by atoms with Gasteiger partial charge in [-0.25, -0.2) is 0 Å². The average Bonchev–Trinajstić information content (AvgIpc) is 3.09. The van der Waals surface area contributed by atoms with Gasteiger partial charge in [0.1, 0.15) is 0 Å². The number of rotatable bonds is 3. The van der Waals surface area contributed by atoms with Crippen LogP contribution in [0.5, 0.6) is 0 Å². The fourth-order valence-electron chi connectivity index (χ4n) is 4.45. The maximum absolute atomic E-state index is 2.57. The van der Waals surface area contributed by atoms with Crippen molar-refractivity contribution in [3.63, 3.8) is 0 Å². The molecule has 3 aliphatic rings. The molecular formula is C15H26. The van der Waals surface area contributed by atoms with E-state index in [2.05, 4.69) is 34.6 Å². The van der Waals surface area contributed by atoms with Crippen molar-refractivity contribution in [3.8, 4) is 0 Å². The Morgan fingerprint density at radius 2 is 1.53 bits per heavy atom. The summed E-state index contributed by atoms with van der Waals surface area (Å²) in [6.07, 6.45) is 6.05. The quantitative estimate of drug-likeness (QED) is 0.638. The van der Waals surface area contributed by atoms with Crippen LogP contribution in [0.1, 0.15) is 60.3 Å². The Hall–Kier alpha value is 0. The van der Waals surface area contributed by atoms with E-state index in [1.165, 1.54) is 25.7 Å². The molecule has 0 aromatic carbocycles. The zero-order valence-electron chi connectivity index (χ0n) is 11.1. The van der Waals surface area contributed by atoms with E-state index in [-0.39, 0.29) is 0 Å². The van der Waals surface area contributed by atoms with Crippen molar-refractivity contribution in [3.05, 3.63) is 0 Å². The van der Waals surface area contributed by atoms with Crippen molar-refractivity contribution >= 4 is 0 Å². The summed E-state index contributed by atoms with van der Waals surface area (Å²) >= 11 is 0. The third kappa shape index (κ3) is 1.14. The van der Waals surface area contributed by atoms with Gasteiger partial charge in [-0.05, 0) is 59.7 Å². The second-order valence-electron chi connectivity index (χ2n) is 7.69. The zero-order valence-corrected chi connectivity index (χ0v) is 11.1. The minimum Gasteiger partial charge on any atom is -0.0617 e. The minimum absolute atomic E-state index is 0.683. The monoisotopic (exact) mass is 206 g/mol. The molecule has 3 aliphatic carbocycles. The lowest BCUT2D eigenvalue weighted by atomic mass is 9.81. The maximum Gasteiger partial charge on any atom is -0.0212 e. The highest BCUT2D eigenvalue weighted by Crippen LogP contribution is 2.80. The van der Waals surface area contributed by atoms with Gasteiger partial charge in [-0.3, -0.25) is 0 Å². The molecule has 0 aliphatic heterocycles. The van der Waals surface area contributed by atoms with Gasteiger partial charge in [-0.2, -0.15) is 0 Å². The topological polar surface area (TPSA) is 0 Å². The van der Waals surface area contributed by atoms with Crippen LogP contribution in [0.2, 0.25) is 0 Å². The Labute approximate surface area is 94.8 Å². The SMILES string of the molecule is CC1C(C)C1(C)C1(C)CC1CC1(C)CC1. The normalized spacial score (nSPS) is 60.2. The van der Waals surface area contributed by atoms with Crippen LogP contribution in [0.4, 0.5) is 0 Å². The van der Waals surface area contributed by atoms with E-state index in [9.17, 15) is 0 Å². The molecule has 86 valence electrons. The molecule has 0 heteroatoms. The fraction of sp³-hybridized carbons (Fsp3) is 1.00. The number of hydrogen-bond acceptors (Lipinski definition) is 0. The van der Waals surface area contributed by atoms with E-state index < -0.39 is 0 Å². The Kier molecular flexibility index (Phi) is 1.67. The van der Waals surface area contributed by atoms with Gasteiger partial charge in [0.2, 0.25) is 0 Å². The van der Waals surface area contributed by atoms with Gasteiger partial charge in [-0.15, -0.1) is 0 Å². The Balaban J connectivity index is 1.69. The van der Waals surface area contributed by atoms with Crippen molar-refractivity contribution in [2.75, 3.05) is 0 Å². The van der Waals surface area contributed by atoms with Crippen LogP contribution in [-0.4, -0.2) is 0 Å². The van der Waals surface area contributed by atoms with Crippen LogP contribution in [0, 0.1) is 34.0 Å². The molecule has 3 rings (SSSR count). The first kappa shape index (κ1) is 10.2. The van der Waals surface area contributed by atoms with E-state index in [0.29, 0.717) is 10.8 Å². The second kappa shape index (κ2) is 2.46. The third-order valence-corrected chi connectivity index (χ3v) is 7.02. The van der Waals surface area contributed by atoms with E-state index in [4.69, 9.17) is 0 Å². The lowest BCUT2D eigenvalue weighted by molar-refractivity contribution is 0.250. The molecule has 3 saturated carbocycles. The summed E-state index contributed by atoms with van der Waals surface area (Å²) in [4.78, 5) is 0. The van der Waals surface area contributed by atoms with Gasteiger partial charge in [0, 0.05) is 0 Å². The molecule has 4 atom stereocenters. The predicted octanol–water partition coefficient (Wildman–Crippen LogP) is 4.49. The van der Waals surface area contributed by atoms with Gasteiger partial charge in [0.25, 0.3) is 0 Å². The third-order valence-electron chi connectivity index (χ3n) is 7.02. The molecule has 0 saturated heterocycles. The highest BCUT2D eigenvalue weighted by atomic mass is 14.8. The predicted molar refractivity (Wildman–Crippen MR) is 64.6 cm³/mol. The van der Waals surface area contributed by atoms with E-state index in [1.54, 1.807) is 0 Å². The van der Waals surface area contributed by atoms with Crippen LogP contribution in [0.25, 0.3) is 0 Å². The molecule has 0 amide bonds. The van der Waals surface area contributed by atoms with Crippen molar-refractivity contribution < 1.29 is 0 Å².